The highest BCUT2D eigenvalue weighted by molar-refractivity contribution is 9.10. The summed E-state index contributed by atoms with van der Waals surface area (Å²) in [5, 5.41) is 10.7. The molecule has 0 aliphatic carbocycles. The average molecular weight is 281 g/mol. The second kappa shape index (κ2) is 4.29. The zero-order valence-electron chi connectivity index (χ0n) is 9.16. The molecule has 0 atom stereocenters. The van der Waals surface area contributed by atoms with Crippen LogP contribution in [-0.2, 0) is 0 Å². The lowest BCUT2D eigenvalue weighted by molar-refractivity contribution is 0.457. The summed E-state index contributed by atoms with van der Waals surface area (Å²) in [5.41, 5.74) is 1.65. The smallest absolute Gasteiger partial charge is 0.198 e. The molecule has 0 fully saturated rings. The van der Waals surface area contributed by atoms with E-state index >= 15 is 0 Å². The molecular weight excluding hydrogens is 268 g/mol. The van der Waals surface area contributed by atoms with Crippen LogP contribution in [-0.4, -0.2) is 22.3 Å². The predicted molar refractivity (Wildman–Crippen MR) is 70.4 cm³/mol. The Kier molecular flexibility index (Phi) is 3.01. The van der Waals surface area contributed by atoms with Gasteiger partial charge in [-0.25, -0.2) is 0 Å². The van der Waals surface area contributed by atoms with Crippen molar-refractivity contribution >= 4 is 33.0 Å². The monoisotopic (exact) mass is 280 g/mol. The highest BCUT2D eigenvalue weighted by Crippen LogP contribution is 2.28. The van der Waals surface area contributed by atoms with Gasteiger partial charge in [-0.05, 0) is 32.0 Å². The number of nitrogens with zero attached hydrogens (tertiary/aromatic N) is 1. The summed E-state index contributed by atoms with van der Waals surface area (Å²) in [4.78, 5) is 7.21. The number of H-pyrrole nitrogens is 1. The molecule has 1 aromatic carbocycles. The molecule has 4 heteroatoms. The Morgan fingerprint density at radius 1 is 1.44 bits per heavy atom. The predicted octanol–water partition coefficient (Wildman–Crippen LogP) is 3.46. The van der Waals surface area contributed by atoms with Crippen LogP contribution in [0.1, 0.15) is 19.4 Å². The molecule has 84 valence electrons. The van der Waals surface area contributed by atoms with E-state index in [0.29, 0.717) is 0 Å². The molecule has 0 spiro atoms. The average Bonchev–Trinajstić information content (AvgIpc) is 2.51. The maximum Gasteiger partial charge on any atom is 0.198 e. The minimum atomic E-state index is 0.164. The van der Waals surface area contributed by atoms with Crippen molar-refractivity contribution in [2.75, 3.05) is 0 Å². The summed E-state index contributed by atoms with van der Waals surface area (Å²) in [7, 11) is 0. The quantitative estimate of drug-likeness (QED) is 0.814. The Morgan fingerprint density at radius 3 is 2.88 bits per heavy atom. The topological polar surface area (TPSA) is 48.4 Å². The molecule has 16 heavy (non-hydrogen) atoms. The van der Waals surface area contributed by atoms with Crippen molar-refractivity contribution in [3.05, 3.63) is 28.2 Å². The van der Waals surface area contributed by atoms with Gasteiger partial charge in [0.1, 0.15) is 0 Å². The van der Waals surface area contributed by atoms with Crippen LogP contribution in [0.2, 0.25) is 0 Å². The van der Waals surface area contributed by atoms with Gasteiger partial charge in [0.05, 0.1) is 5.56 Å². The van der Waals surface area contributed by atoms with Crippen molar-refractivity contribution in [1.82, 2.24) is 4.98 Å². The van der Waals surface area contributed by atoms with Crippen molar-refractivity contribution in [3.8, 4) is 5.88 Å². The zero-order chi connectivity index (χ0) is 11.7. The molecule has 0 aliphatic rings. The van der Waals surface area contributed by atoms with Gasteiger partial charge in [-0.2, -0.15) is 0 Å². The first-order valence-electron chi connectivity index (χ1n) is 5.11. The number of halogens is 1. The van der Waals surface area contributed by atoms with Crippen LogP contribution in [0, 0.1) is 0 Å². The standard InChI is InChI=1S/C12H13BrN2O/c1-7(2)14-6-10-9-5-8(13)3-4-11(9)15-12(10)16/h3-7,15-16H,1-2H3. The van der Waals surface area contributed by atoms with Gasteiger partial charge in [0.25, 0.3) is 0 Å². The van der Waals surface area contributed by atoms with Crippen molar-refractivity contribution in [2.45, 2.75) is 19.9 Å². The number of fused-ring (bicyclic) bond motifs is 1. The Labute approximate surface area is 102 Å². The molecule has 3 nitrogen and oxygen atoms in total. The summed E-state index contributed by atoms with van der Waals surface area (Å²) >= 11 is 3.42. The number of rotatable bonds is 2. The minimum Gasteiger partial charge on any atom is -0.494 e. The van der Waals surface area contributed by atoms with Crippen molar-refractivity contribution < 1.29 is 5.11 Å². The van der Waals surface area contributed by atoms with Crippen LogP contribution in [0.15, 0.2) is 27.7 Å². The summed E-state index contributed by atoms with van der Waals surface area (Å²) in [6.45, 7) is 4.00. The van der Waals surface area contributed by atoms with E-state index in [2.05, 4.69) is 25.9 Å². The summed E-state index contributed by atoms with van der Waals surface area (Å²) in [6.07, 6.45) is 1.71. The minimum absolute atomic E-state index is 0.164. The van der Waals surface area contributed by atoms with Crippen LogP contribution in [0.3, 0.4) is 0 Å². The second-order valence-corrected chi connectivity index (χ2v) is 4.86. The van der Waals surface area contributed by atoms with Crippen molar-refractivity contribution in [3.63, 3.8) is 0 Å². The molecule has 2 aromatic rings. The number of hydrogen-bond donors (Lipinski definition) is 2. The van der Waals surface area contributed by atoms with Gasteiger partial charge in [0.2, 0.25) is 0 Å². The number of aliphatic imine (C=N–C) groups is 1. The zero-order valence-corrected chi connectivity index (χ0v) is 10.7. The molecule has 0 bridgehead atoms. The summed E-state index contributed by atoms with van der Waals surface area (Å²) in [6, 6.07) is 6.04. The maximum atomic E-state index is 9.78. The first-order chi connectivity index (χ1) is 7.58. The first kappa shape index (κ1) is 11.2. The fourth-order valence-electron chi connectivity index (χ4n) is 1.53. The summed E-state index contributed by atoms with van der Waals surface area (Å²) in [5.74, 6) is 0.164. The fourth-order valence-corrected chi connectivity index (χ4v) is 1.89. The van der Waals surface area contributed by atoms with E-state index in [-0.39, 0.29) is 11.9 Å². The van der Waals surface area contributed by atoms with Crippen molar-refractivity contribution in [2.24, 2.45) is 4.99 Å². The molecule has 2 rings (SSSR count). The van der Waals surface area contributed by atoms with Crippen LogP contribution in [0.5, 0.6) is 5.88 Å². The first-order valence-corrected chi connectivity index (χ1v) is 5.90. The molecule has 0 radical (unpaired) electrons. The van der Waals surface area contributed by atoms with Crippen molar-refractivity contribution in [1.29, 1.82) is 0 Å². The molecule has 0 saturated carbocycles. The lowest BCUT2D eigenvalue weighted by Gasteiger charge is -1.96. The molecule has 0 aliphatic heterocycles. The number of aromatic nitrogens is 1. The van der Waals surface area contributed by atoms with E-state index in [1.807, 2.05) is 32.0 Å². The Morgan fingerprint density at radius 2 is 2.19 bits per heavy atom. The van der Waals surface area contributed by atoms with E-state index in [1.54, 1.807) is 6.21 Å². The van der Waals surface area contributed by atoms with Gasteiger partial charge < -0.3 is 10.1 Å². The van der Waals surface area contributed by atoms with Gasteiger partial charge in [-0.15, -0.1) is 0 Å². The molecule has 0 amide bonds. The van der Waals surface area contributed by atoms with Crippen LogP contribution < -0.4 is 0 Å². The van der Waals surface area contributed by atoms with Gasteiger partial charge in [-0.1, -0.05) is 15.9 Å². The Bertz CT molecular complexity index is 543. The lowest BCUT2D eigenvalue weighted by atomic mass is 10.2. The molecule has 1 heterocycles. The third-order valence-electron chi connectivity index (χ3n) is 2.28. The maximum absolute atomic E-state index is 9.78. The Balaban J connectivity index is 2.58. The van der Waals surface area contributed by atoms with Crippen LogP contribution >= 0.6 is 15.9 Å². The number of hydrogen-bond acceptors (Lipinski definition) is 2. The highest BCUT2D eigenvalue weighted by Gasteiger charge is 2.08. The second-order valence-electron chi connectivity index (χ2n) is 3.95. The fraction of sp³-hybridized carbons (Fsp3) is 0.250. The van der Waals surface area contributed by atoms with E-state index in [1.165, 1.54) is 0 Å². The lowest BCUT2D eigenvalue weighted by Crippen LogP contribution is -1.89. The third kappa shape index (κ3) is 2.11. The molecule has 2 N–H and O–H groups in total. The van der Waals surface area contributed by atoms with Gasteiger partial charge >= 0.3 is 0 Å². The normalized spacial score (nSPS) is 12.0. The molecule has 1 aromatic heterocycles. The number of aromatic amines is 1. The van der Waals surface area contributed by atoms with E-state index < -0.39 is 0 Å². The van der Waals surface area contributed by atoms with E-state index in [9.17, 15) is 5.11 Å². The summed E-state index contributed by atoms with van der Waals surface area (Å²) < 4.78 is 0.984. The van der Waals surface area contributed by atoms with E-state index in [0.717, 1.165) is 20.9 Å². The molecule has 0 unspecified atom stereocenters. The largest absolute Gasteiger partial charge is 0.494 e. The number of nitrogens with one attached hydrogen (secondary N) is 1. The number of benzene rings is 1. The highest BCUT2D eigenvalue weighted by atomic mass is 79.9. The van der Waals surface area contributed by atoms with Gasteiger partial charge in [0.15, 0.2) is 5.88 Å². The Hall–Kier alpha value is -1.29. The third-order valence-corrected chi connectivity index (χ3v) is 2.78. The van der Waals surface area contributed by atoms with Crippen LogP contribution in [0.25, 0.3) is 10.9 Å². The van der Waals surface area contributed by atoms with Gasteiger partial charge in [-0.3, -0.25) is 4.99 Å². The van der Waals surface area contributed by atoms with Gasteiger partial charge in [0, 0.05) is 27.6 Å². The van der Waals surface area contributed by atoms with E-state index in [4.69, 9.17) is 0 Å². The van der Waals surface area contributed by atoms with Crippen LogP contribution in [0.4, 0.5) is 0 Å². The number of aromatic hydroxyl groups is 1. The molecular formula is C12H13BrN2O. The SMILES string of the molecule is CC(C)N=Cc1c(O)[nH]c2ccc(Br)cc12. The molecule has 0 saturated heterocycles.